The number of ether oxygens (including phenoxy) is 1. The van der Waals surface area contributed by atoms with Crippen LogP contribution in [0.4, 0.5) is 10.1 Å². The number of hydrogen-bond acceptors (Lipinski definition) is 8. The van der Waals surface area contributed by atoms with Gasteiger partial charge in [-0.1, -0.05) is 17.8 Å². The lowest BCUT2D eigenvalue weighted by Gasteiger charge is -2.30. The van der Waals surface area contributed by atoms with E-state index in [-0.39, 0.29) is 15.5 Å². The average Bonchev–Trinajstić information content (AvgIpc) is 3.13. The molecule has 1 unspecified atom stereocenters. The molecule has 1 aliphatic rings. The number of nitrogens with one attached hydrogen (secondary N) is 1. The zero-order valence-corrected chi connectivity index (χ0v) is 17.5. The van der Waals surface area contributed by atoms with Gasteiger partial charge in [0.25, 0.3) is 10.0 Å². The first kappa shape index (κ1) is 20.6. The van der Waals surface area contributed by atoms with Crippen LogP contribution in [0, 0.1) is 5.82 Å². The molecule has 0 amide bonds. The predicted octanol–water partition coefficient (Wildman–Crippen LogP) is 3.14. The molecule has 0 saturated carbocycles. The van der Waals surface area contributed by atoms with E-state index in [1.807, 2.05) is 6.92 Å². The summed E-state index contributed by atoms with van der Waals surface area (Å²) in [5.41, 5.74) is 5.55. The summed E-state index contributed by atoms with van der Waals surface area (Å²) in [5, 5.41) is 1.88. The first-order valence-corrected chi connectivity index (χ1v) is 11.5. The fraction of sp³-hybridized carbons (Fsp3) is 0.294. The maximum Gasteiger partial charge on any atom is 0.349 e. The van der Waals surface area contributed by atoms with Crippen molar-refractivity contribution >= 4 is 49.9 Å². The lowest BCUT2D eigenvalue weighted by molar-refractivity contribution is 0.0602. The molecule has 1 aliphatic heterocycles. The minimum atomic E-state index is -4.20. The van der Waals surface area contributed by atoms with E-state index in [4.69, 9.17) is 5.73 Å². The van der Waals surface area contributed by atoms with E-state index in [9.17, 15) is 17.6 Å². The maximum atomic E-state index is 14.4. The van der Waals surface area contributed by atoms with Crippen LogP contribution in [0.5, 0.6) is 0 Å². The fourth-order valence-corrected chi connectivity index (χ4v) is 6.15. The van der Waals surface area contributed by atoms with E-state index >= 15 is 0 Å². The summed E-state index contributed by atoms with van der Waals surface area (Å²) in [7, 11) is -3.04. The van der Waals surface area contributed by atoms with E-state index in [2.05, 4.69) is 14.5 Å². The summed E-state index contributed by atoms with van der Waals surface area (Å²) in [6.45, 7) is 1.86. The number of nitrogens with two attached hydrogens (primary N) is 1. The Morgan fingerprint density at radius 1 is 1.39 bits per heavy atom. The van der Waals surface area contributed by atoms with E-state index in [0.29, 0.717) is 17.2 Å². The van der Waals surface area contributed by atoms with Crippen LogP contribution in [0.15, 0.2) is 39.5 Å². The van der Waals surface area contributed by atoms with E-state index in [1.54, 1.807) is 6.07 Å². The number of halogens is 1. The van der Waals surface area contributed by atoms with Crippen molar-refractivity contribution in [3.8, 4) is 0 Å². The number of anilines is 1. The SMILES string of the molecule is COC(=O)c1sccc1S(=O)(=O)Nc1cc(C2(C)CCSC(N)=N2)ccc1F. The zero-order valence-electron chi connectivity index (χ0n) is 15.1. The second kappa shape index (κ2) is 7.72. The molecule has 3 rings (SSSR count). The van der Waals surface area contributed by atoms with Crippen molar-refractivity contribution in [2.75, 3.05) is 17.6 Å². The van der Waals surface area contributed by atoms with Gasteiger partial charge in [-0.2, -0.15) is 0 Å². The summed E-state index contributed by atoms with van der Waals surface area (Å²) in [5.74, 6) is -0.767. The highest BCUT2D eigenvalue weighted by Gasteiger charge is 2.31. The van der Waals surface area contributed by atoms with E-state index in [1.165, 1.54) is 35.3 Å². The second-order valence-electron chi connectivity index (χ2n) is 6.23. The molecular formula is C17H18FN3O4S3. The molecule has 7 nitrogen and oxygen atoms in total. The molecule has 1 aromatic heterocycles. The second-order valence-corrected chi connectivity index (χ2v) is 9.91. The molecule has 28 heavy (non-hydrogen) atoms. The van der Waals surface area contributed by atoms with Crippen LogP contribution >= 0.6 is 23.1 Å². The molecule has 11 heteroatoms. The van der Waals surface area contributed by atoms with Crippen LogP contribution in [-0.2, 0) is 20.3 Å². The molecule has 0 aliphatic carbocycles. The molecule has 0 spiro atoms. The summed E-state index contributed by atoms with van der Waals surface area (Å²) in [4.78, 5) is 15.9. The highest BCUT2D eigenvalue weighted by molar-refractivity contribution is 8.13. The molecular weight excluding hydrogens is 425 g/mol. The van der Waals surface area contributed by atoms with Gasteiger partial charge in [0.15, 0.2) is 5.17 Å². The first-order valence-electron chi connectivity index (χ1n) is 8.13. The Morgan fingerprint density at radius 3 is 2.82 bits per heavy atom. The highest BCUT2D eigenvalue weighted by atomic mass is 32.2. The third kappa shape index (κ3) is 4.01. The first-order chi connectivity index (χ1) is 13.2. The summed E-state index contributed by atoms with van der Waals surface area (Å²) >= 11 is 2.36. The van der Waals surface area contributed by atoms with Gasteiger partial charge >= 0.3 is 5.97 Å². The van der Waals surface area contributed by atoms with Gasteiger partial charge in [0.1, 0.15) is 15.6 Å². The number of thioether (sulfide) groups is 1. The summed E-state index contributed by atoms with van der Waals surface area (Å²) < 4.78 is 46.7. The Morgan fingerprint density at radius 2 is 2.14 bits per heavy atom. The smallest absolute Gasteiger partial charge is 0.349 e. The minimum Gasteiger partial charge on any atom is -0.465 e. The Bertz CT molecular complexity index is 1050. The largest absolute Gasteiger partial charge is 0.465 e. The molecule has 2 aromatic rings. The fourth-order valence-electron chi connectivity index (χ4n) is 2.78. The summed E-state index contributed by atoms with van der Waals surface area (Å²) in [6, 6.07) is 5.42. The number of thiophene rings is 1. The average molecular weight is 444 g/mol. The van der Waals surface area contributed by atoms with Crippen LogP contribution < -0.4 is 10.5 Å². The van der Waals surface area contributed by atoms with Crippen LogP contribution in [0.25, 0.3) is 0 Å². The van der Waals surface area contributed by atoms with Crippen molar-refractivity contribution in [3.05, 3.63) is 45.9 Å². The van der Waals surface area contributed by atoms with Crippen molar-refractivity contribution in [1.82, 2.24) is 0 Å². The molecule has 2 heterocycles. The number of sulfonamides is 1. The number of methoxy groups -OCH3 is 1. The number of nitrogens with zero attached hydrogens (tertiary/aromatic N) is 1. The quantitative estimate of drug-likeness (QED) is 0.687. The number of aliphatic imine (C=N–C) groups is 1. The third-order valence-electron chi connectivity index (χ3n) is 4.32. The molecule has 1 atom stereocenters. The number of amidine groups is 1. The van der Waals surface area contributed by atoms with Crippen molar-refractivity contribution in [2.24, 2.45) is 10.7 Å². The predicted molar refractivity (Wildman–Crippen MR) is 109 cm³/mol. The molecule has 150 valence electrons. The Kier molecular flexibility index (Phi) is 5.69. The van der Waals surface area contributed by atoms with Crippen molar-refractivity contribution in [1.29, 1.82) is 0 Å². The number of hydrogen-bond donors (Lipinski definition) is 2. The topological polar surface area (TPSA) is 111 Å². The molecule has 0 saturated heterocycles. The van der Waals surface area contributed by atoms with Gasteiger partial charge in [-0.15, -0.1) is 11.3 Å². The van der Waals surface area contributed by atoms with Crippen molar-refractivity contribution < 1.29 is 22.3 Å². The molecule has 3 N–H and O–H groups in total. The van der Waals surface area contributed by atoms with E-state index in [0.717, 1.165) is 24.2 Å². The third-order valence-corrected chi connectivity index (χ3v) is 7.54. The van der Waals surface area contributed by atoms with Gasteiger partial charge in [0, 0.05) is 5.75 Å². The number of benzene rings is 1. The van der Waals surface area contributed by atoms with E-state index < -0.39 is 27.3 Å². The van der Waals surface area contributed by atoms with Gasteiger partial charge < -0.3 is 10.5 Å². The van der Waals surface area contributed by atoms with Crippen LogP contribution in [0.2, 0.25) is 0 Å². The standard InChI is InChI=1S/C17H18FN3O4S3/c1-17(6-8-27-16(19)20-17)10-3-4-11(18)12(9-10)21-28(23,24)13-5-7-26-14(13)15(22)25-2/h3-5,7,9,21H,6,8H2,1-2H3,(H2,19,20). The van der Waals surface area contributed by atoms with Gasteiger partial charge in [-0.3, -0.25) is 9.71 Å². The van der Waals surface area contributed by atoms with Crippen molar-refractivity contribution in [3.63, 3.8) is 0 Å². The van der Waals surface area contributed by atoms with Crippen molar-refractivity contribution in [2.45, 2.75) is 23.8 Å². The lowest BCUT2D eigenvalue weighted by atomic mass is 9.89. The van der Waals surface area contributed by atoms with Gasteiger partial charge in [-0.05, 0) is 42.5 Å². The Labute approximate surface area is 170 Å². The van der Waals surface area contributed by atoms with Crippen LogP contribution in [0.3, 0.4) is 0 Å². The van der Waals surface area contributed by atoms with Crippen LogP contribution in [0.1, 0.15) is 28.6 Å². The number of carbonyl (C=O) groups excluding carboxylic acids is 1. The van der Waals surface area contributed by atoms with Gasteiger partial charge in [-0.25, -0.2) is 17.6 Å². The Hall–Kier alpha value is -2.11. The molecule has 1 aromatic carbocycles. The monoisotopic (exact) mass is 443 g/mol. The van der Waals surface area contributed by atoms with Crippen LogP contribution in [-0.4, -0.2) is 32.4 Å². The van der Waals surface area contributed by atoms with Gasteiger partial charge in [0.2, 0.25) is 0 Å². The zero-order chi connectivity index (χ0) is 20.5. The molecule has 0 bridgehead atoms. The maximum absolute atomic E-state index is 14.4. The minimum absolute atomic E-state index is 0.0831. The van der Waals surface area contributed by atoms with Gasteiger partial charge in [0.05, 0.1) is 18.3 Å². The number of carbonyl (C=O) groups is 1. The number of rotatable bonds is 5. The molecule has 0 fully saturated rings. The lowest BCUT2D eigenvalue weighted by Crippen LogP contribution is -2.29. The summed E-state index contributed by atoms with van der Waals surface area (Å²) in [6.07, 6.45) is 0.674. The number of esters is 1. The normalized spacial score (nSPS) is 19.8. The highest BCUT2D eigenvalue weighted by Crippen LogP contribution is 2.37. The Balaban J connectivity index is 1.98. The molecule has 0 radical (unpaired) electrons.